The van der Waals surface area contributed by atoms with E-state index in [1.165, 1.54) is 23.5 Å². The third-order valence-electron chi connectivity index (χ3n) is 2.96. The summed E-state index contributed by atoms with van der Waals surface area (Å²) in [4.78, 5) is -0.0405. The van der Waals surface area contributed by atoms with Crippen LogP contribution < -0.4 is 5.73 Å². The van der Waals surface area contributed by atoms with Crippen LogP contribution in [0, 0.1) is 11.7 Å². The van der Waals surface area contributed by atoms with Crippen molar-refractivity contribution in [1.82, 2.24) is 4.31 Å². The summed E-state index contributed by atoms with van der Waals surface area (Å²) in [7, 11) is -2.18. The van der Waals surface area contributed by atoms with E-state index in [2.05, 4.69) is 0 Å². The highest BCUT2D eigenvalue weighted by molar-refractivity contribution is 7.89. The summed E-state index contributed by atoms with van der Waals surface area (Å²) >= 11 is 0. The van der Waals surface area contributed by atoms with Crippen LogP contribution in [0.4, 0.5) is 4.39 Å². The molecule has 108 valence electrons. The minimum absolute atomic E-state index is 0.0405. The second kappa shape index (κ2) is 6.45. The average molecular weight is 288 g/mol. The number of nitrogens with zero attached hydrogens (tertiary/aromatic N) is 1. The SMILES string of the molecule is CC(C)CCN(C)S(=O)(=O)c1cc(F)ccc1CN. The van der Waals surface area contributed by atoms with E-state index >= 15 is 0 Å². The van der Waals surface area contributed by atoms with Gasteiger partial charge in [-0.05, 0) is 30.0 Å². The van der Waals surface area contributed by atoms with Gasteiger partial charge in [0.1, 0.15) is 5.82 Å². The number of hydrogen-bond acceptors (Lipinski definition) is 3. The molecule has 0 bridgehead atoms. The Kier molecular flexibility index (Phi) is 5.46. The zero-order valence-corrected chi connectivity index (χ0v) is 12.4. The lowest BCUT2D eigenvalue weighted by molar-refractivity contribution is 0.427. The van der Waals surface area contributed by atoms with Gasteiger partial charge in [0.2, 0.25) is 10.0 Å². The van der Waals surface area contributed by atoms with E-state index in [0.717, 1.165) is 12.5 Å². The third kappa shape index (κ3) is 3.99. The van der Waals surface area contributed by atoms with E-state index < -0.39 is 15.8 Å². The Labute approximate surface area is 114 Å². The lowest BCUT2D eigenvalue weighted by Crippen LogP contribution is -2.29. The van der Waals surface area contributed by atoms with E-state index in [-0.39, 0.29) is 11.4 Å². The first-order chi connectivity index (χ1) is 8.78. The fraction of sp³-hybridized carbons (Fsp3) is 0.538. The Hall–Kier alpha value is -0.980. The van der Waals surface area contributed by atoms with E-state index in [4.69, 9.17) is 5.73 Å². The van der Waals surface area contributed by atoms with Crippen LogP contribution in [0.3, 0.4) is 0 Å². The summed E-state index contributed by atoms with van der Waals surface area (Å²) in [5, 5.41) is 0. The van der Waals surface area contributed by atoms with Crippen LogP contribution in [-0.2, 0) is 16.6 Å². The van der Waals surface area contributed by atoms with Crippen LogP contribution in [0.15, 0.2) is 23.1 Å². The molecule has 0 spiro atoms. The van der Waals surface area contributed by atoms with Gasteiger partial charge in [0, 0.05) is 20.1 Å². The highest BCUT2D eigenvalue weighted by Crippen LogP contribution is 2.21. The van der Waals surface area contributed by atoms with Crippen LogP contribution in [-0.4, -0.2) is 26.3 Å². The normalized spacial score (nSPS) is 12.4. The highest BCUT2D eigenvalue weighted by Gasteiger charge is 2.24. The van der Waals surface area contributed by atoms with Crippen molar-refractivity contribution < 1.29 is 12.8 Å². The molecule has 1 aromatic rings. The quantitative estimate of drug-likeness (QED) is 0.870. The van der Waals surface area contributed by atoms with Crippen molar-refractivity contribution in [2.75, 3.05) is 13.6 Å². The van der Waals surface area contributed by atoms with Gasteiger partial charge in [0.25, 0.3) is 0 Å². The molecule has 1 rings (SSSR count). The van der Waals surface area contributed by atoms with Crippen molar-refractivity contribution >= 4 is 10.0 Å². The van der Waals surface area contributed by atoms with Crippen molar-refractivity contribution in [2.45, 2.75) is 31.7 Å². The van der Waals surface area contributed by atoms with Gasteiger partial charge in [-0.3, -0.25) is 0 Å². The maximum atomic E-state index is 13.3. The number of sulfonamides is 1. The lowest BCUT2D eigenvalue weighted by Gasteiger charge is -2.20. The number of hydrogen-bond donors (Lipinski definition) is 1. The van der Waals surface area contributed by atoms with Gasteiger partial charge < -0.3 is 5.73 Å². The maximum Gasteiger partial charge on any atom is 0.243 e. The van der Waals surface area contributed by atoms with Gasteiger partial charge in [0.05, 0.1) is 4.90 Å². The molecule has 0 heterocycles. The van der Waals surface area contributed by atoms with Crippen molar-refractivity contribution in [3.05, 3.63) is 29.6 Å². The van der Waals surface area contributed by atoms with Crippen LogP contribution in [0.2, 0.25) is 0 Å². The van der Waals surface area contributed by atoms with Crippen molar-refractivity contribution in [1.29, 1.82) is 0 Å². The molecule has 2 N–H and O–H groups in total. The Morgan fingerprint density at radius 2 is 2.00 bits per heavy atom. The Bertz CT molecular complexity index is 529. The molecule has 19 heavy (non-hydrogen) atoms. The van der Waals surface area contributed by atoms with Crippen LogP contribution in [0.5, 0.6) is 0 Å². The van der Waals surface area contributed by atoms with Gasteiger partial charge in [-0.15, -0.1) is 0 Å². The Balaban J connectivity index is 3.09. The second-order valence-electron chi connectivity index (χ2n) is 4.97. The fourth-order valence-corrected chi connectivity index (χ4v) is 3.09. The molecule has 0 amide bonds. The monoisotopic (exact) mass is 288 g/mol. The topological polar surface area (TPSA) is 63.4 Å². The molecule has 0 saturated carbocycles. The fourth-order valence-electron chi connectivity index (χ4n) is 1.67. The first kappa shape index (κ1) is 16.1. The summed E-state index contributed by atoms with van der Waals surface area (Å²) in [6.45, 7) is 4.51. The van der Waals surface area contributed by atoms with Crippen molar-refractivity contribution in [3.63, 3.8) is 0 Å². The molecule has 0 aliphatic rings. The molecule has 1 aromatic carbocycles. The molecule has 0 saturated heterocycles. The van der Waals surface area contributed by atoms with E-state index in [0.29, 0.717) is 18.0 Å². The largest absolute Gasteiger partial charge is 0.326 e. The van der Waals surface area contributed by atoms with Crippen LogP contribution in [0.1, 0.15) is 25.8 Å². The smallest absolute Gasteiger partial charge is 0.243 e. The zero-order valence-electron chi connectivity index (χ0n) is 11.6. The minimum atomic E-state index is -3.69. The van der Waals surface area contributed by atoms with E-state index in [9.17, 15) is 12.8 Å². The molecule has 0 unspecified atom stereocenters. The van der Waals surface area contributed by atoms with Gasteiger partial charge in [0.15, 0.2) is 0 Å². The van der Waals surface area contributed by atoms with Gasteiger partial charge in [-0.25, -0.2) is 17.1 Å². The molecule has 0 fully saturated rings. The third-order valence-corrected chi connectivity index (χ3v) is 4.90. The average Bonchev–Trinajstić information content (AvgIpc) is 2.35. The van der Waals surface area contributed by atoms with Gasteiger partial charge in [-0.2, -0.15) is 0 Å². The first-order valence-corrected chi connectivity index (χ1v) is 7.68. The maximum absolute atomic E-state index is 13.3. The van der Waals surface area contributed by atoms with E-state index in [1.54, 1.807) is 0 Å². The Morgan fingerprint density at radius 1 is 1.37 bits per heavy atom. The van der Waals surface area contributed by atoms with Gasteiger partial charge in [-0.1, -0.05) is 19.9 Å². The van der Waals surface area contributed by atoms with Crippen LogP contribution in [0.25, 0.3) is 0 Å². The van der Waals surface area contributed by atoms with Crippen molar-refractivity contribution in [3.8, 4) is 0 Å². The summed E-state index contributed by atoms with van der Waals surface area (Å²) in [5.74, 6) is -0.174. The molecule has 0 aliphatic heterocycles. The number of benzene rings is 1. The summed E-state index contributed by atoms with van der Waals surface area (Å²) in [6, 6.07) is 3.66. The molecule has 0 aliphatic carbocycles. The molecule has 0 radical (unpaired) electrons. The number of nitrogens with two attached hydrogens (primary N) is 1. The predicted molar refractivity (Wildman–Crippen MR) is 73.6 cm³/mol. The summed E-state index contributed by atoms with van der Waals surface area (Å²) in [5.41, 5.74) is 5.94. The first-order valence-electron chi connectivity index (χ1n) is 6.24. The number of rotatable bonds is 6. The molecule has 4 nitrogen and oxygen atoms in total. The van der Waals surface area contributed by atoms with Gasteiger partial charge >= 0.3 is 0 Å². The lowest BCUT2D eigenvalue weighted by atomic mass is 10.1. The Morgan fingerprint density at radius 3 is 2.53 bits per heavy atom. The molecular formula is C13H21FN2O2S. The minimum Gasteiger partial charge on any atom is -0.326 e. The standard InChI is InChI=1S/C13H21FN2O2S/c1-10(2)6-7-16(3)19(17,18)13-8-12(14)5-4-11(13)9-15/h4-5,8,10H,6-7,9,15H2,1-3H3. The molecule has 0 aromatic heterocycles. The second-order valence-corrected chi connectivity index (χ2v) is 6.98. The summed E-state index contributed by atoms with van der Waals surface area (Å²) in [6.07, 6.45) is 0.753. The highest BCUT2D eigenvalue weighted by atomic mass is 32.2. The molecule has 6 heteroatoms. The molecular weight excluding hydrogens is 267 g/mol. The van der Waals surface area contributed by atoms with Crippen molar-refractivity contribution in [2.24, 2.45) is 11.7 Å². The number of halogens is 1. The molecule has 0 atom stereocenters. The van der Waals surface area contributed by atoms with Crippen LogP contribution >= 0.6 is 0 Å². The van der Waals surface area contributed by atoms with E-state index in [1.807, 2.05) is 13.8 Å². The predicted octanol–water partition coefficient (Wildman–Crippen LogP) is 1.95. The zero-order chi connectivity index (χ0) is 14.6. The summed E-state index contributed by atoms with van der Waals surface area (Å²) < 4.78 is 39.3.